The molecule has 0 aliphatic carbocycles. The van der Waals surface area contributed by atoms with Gasteiger partial charge in [-0.05, 0) is 38.3 Å². The van der Waals surface area contributed by atoms with E-state index in [0.29, 0.717) is 25.9 Å². The van der Waals surface area contributed by atoms with Gasteiger partial charge in [-0.15, -0.1) is 0 Å². The van der Waals surface area contributed by atoms with Crippen LogP contribution in [0.4, 0.5) is 8.78 Å². The van der Waals surface area contributed by atoms with E-state index in [1.54, 1.807) is 6.20 Å². The third-order valence-electron chi connectivity index (χ3n) is 3.54. The molecule has 1 atom stereocenters. The second-order valence-electron chi connectivity index (χ2n) is 5.44. The van der Waals surface area contributed by atoms with E-state index >= 15 is 0 Å². The van der Waals surface area contributed by atoms with Gasteiger partial charge in [0.1, 0.15) is 6.17 Å². The summed E-state index contributed by atoms with van der Waals surface area (Å²) in [5, 5.41) is 0. The van der Waals surface area contributed by atoms with Crippen molar-refractivity contribution in [2.24, 2.45) is 0 Å². The number of likely N-dealkylation sites (tertiary alicyclic amines) is 1. The normalized spacial score (nSPS) is 20.4. The summed E-state index contributed by atoms with van der Waals surface area (Å²) in [6.07, 6.45) is 2.19. The van der Waals surface area contributed by atoms with Gasteiger partial charge in [0.15, 0.2) is 5.82 Å². The third kappa shape index (κ3) is 3.41. The van der Waals surface area contributed by atoms with Gasteiger partial charge in [-0.1, -0.05) is 0 Å². The highest BCUT2D eigenvalue weighted by atomic mass is 19.1. The molecule has 106 valence electrons. The molecule has 2 heterocycles. The molecule has 0 aromatic carbocycles. The van der Waals surface area contributed by atoms with E-state index in [4.69, 9.17) is 0 Å². The van der Waals surface area contributed by atoms with Crippen molar-refractivity contribution in [3.8, 4) is 0 Å². The van der Waals surface area contributed by atoms with Gasteiger partial charge in [-0.3, -0.25) is 4.79 Å². The Morgan fingerprint density at radius 1 is 1.47 bits per heavy atom. The highest BCUT2D eigenvalue weighted by molar-refractivity contribution is 5.13. The number of alkyl halides is 1. The van der Waals surface area contributed by atoms with E-state index < -0.39 is 17.5 Å². The first-order valence-corrected chi connectivity index (χ1v) is 6.74. The summed E-state index contributed by atoms with van der Waals surface area (Å²) in [4.78, 5) is 13.6. The zero-order chi connectivity index (χ0) is 14.0. The first kappa shape index (κ1) is 14.2. The summed E-state index contributed by atoms with van der Waals surface area (Å²) < 4.78 is 28.0. The molecule has 0 radical (unpaired) electrons. The van der Waals surface area contributed by atoms with E-state index in [-0.39, 0.29) is 6.04 Å². The fourth-order valence-corrected chi connectivity index (χ4v) is 2.42. The maximum atomic E-state index is 13.6. The fourth-order valence-electron chi connectivity index (χ4n) is 2.42. The molecule has 2 rings (SSSR count). The Morgan fingerprint density at radius 3 is 2.79 bits per heavy atom. The summed E-state index contributed by atoms with van der Waals surface area (Å²) in [6.45, 7) is 5.62. The molecule has 0 N–H and O–H groups in total. The van der Waals surface area contributed by atoms with E-state index in [2.05, 4.69) is 0 Å². The first-order chi connectivity index (χ1) is 8.97. The Morgan fingerprint density at radius 2 is 2.21 bits per heavy atom. The van der Waals surface area contributed by atoms with Crippen molar-refractivity contribution >= 4 is 0 Å². The number of hydrogen-bond donors (Lipinski definition) is 0. The Kier molecular flexibility index (Phi) is 4.34. The highest BCUT2D eigenvalue weighted by Gasteiger charge is 2.21. The topological polar surface area (TPSA) is 25.2 Å². The Balaban J connectivity index is 2.06. The van der Waals surface area contributed by atoms with Crippen molar-refractivity contribution in [3.63, 3.8) is 0 Å². The Bertz CT molecular complexity index is 499. The smallest absolute Gasteiger partial charge is 0.286 e. The van der Waals surface area contributed by atoms with Gasteiger partial charge >= 0.3 is 0 Å². The van der Waals surface area contributed by atoms with Crippen molar-refractivity contribution < 1.29 is 8.78 Å². The molecule has 0 unspecified atom stereocenters. The number of nitrogens with zero attached hydrogens (tertiary/aromatic N) is 2. The zero-order valence-electron chi connectivity index (χ0n) is 11.4. The number of aromatic nitrogens is 1. The summed E-state index contributed by atoms with van der Waals surface area (Å²) in [7, 11) is 0. The molecule has 0 amide bonds. The van der Waals surface area contributed by atoms with Crippen LogP contribution in [0.1, 0.15) is 31.9 Å². The minimum absolute atomic E-state index is 0.0658. The standard InChI is InChI=1S/C14H20F2N2O/c1-10(2)18-8-11(7-13(16)14(18)19)3-5-17-6-4-12(15)9-17/h7-8,10,12H,3-6,9H2,1-2H3/t12-/m1/s1. The van der Waals surface area contributed by atoms with Crippen LogP contribution in [0.3, 0.4) is 0 Å². The lowest BCUT2D eigenvalue weighted by Crippen LogP contribution is -2.27. The van der Waals surface area contributed by atoms with Crippen LogP contribution in [0.5, 0.6) is 0 Å². The maximum absolute atomic E-state index is 13.6. The largest absolute Gasteiger partial charge is 0.310 e. The van der Waals surface area contributed by atoms with Crippen molar-refractivity contribution in [1.29, 1.82) is 0 Å². The molecule has 1 saturated heterocycles. The molecule has 3 nitrogen and oxygen atoms in total. The number of hydrogen-bond acceptors (Lipinski definition) is 2. The van der Waals surface area contributed by atoms with Crippen LogP contribution in [-0.2, 0) is 6.42 Å². The quantitative estimate of drug-likeness (QED) is 0.837. The van der Waals surface area contributed by atoms with E-state index in [0.717, 1.165) is 12.1 Å². The molecular weight excluding hydrogens is 250 g/mol. The van der Waals surface area contributed by atoms with Gasteiger partial charge in [0.25, 0.3) is 5.56 Å². The van der Waals surface area contributed by atoms with Gasteiger partial charge < -0.3 is 9.47 Å². The number of rotatable bonds is 4. The van der Waals surface area contributed by atoms with Crippen LogP contribution in [-0.4, -0.2) is 35.3 Å². The fraction of sp³-hybridized carbons (Fsp3) is 0.643. The second-order valence-corrected chi connectivity index (χ2v) is 5.44. The van der Waals surface area contributed by atoms with Crippen LogP contribution >= 0.6 is 0 Å². The molecule has 1 aromatic rings. The van der Waals surface area contributed by atoms with E-state index in [1.807, 2.05) is 18.7 Å². The minimum Gasteiger partial charge on any atom is -0.310 e. The van der Waals surface area contributed by atoms with Crippen molar-refractivity contribution in [2.75, 3.05) is 19.6 Å². The first-order valence-electron chi connectivity index (χ1n) is 6.74. The molecule has 0 bridgehead atoms. The average Bonchev–Trinajstić information content (AvgIpc) is 2.76. The van der Waals surface area contributed by atoms with Crippen LogP contribution in [0.15, 0.2) is 17.1 Å². The zero-order valence-corrected chi connectivity index (χ0v) is 11.4. The predicted molar refractivity (Wildman–Crippen MR) is 70.7 cm³/mol. The second kappa shape index (κ2) is 5.82. The summed E-state index contributed by atoms with van der Waals surface area (Å²) in [6, 6.07) is 1.23. The molecule has 1 aromatic heterocycles. The van der Waals surface area contributed by atoms with Crippen LogP contribution in [0, 0.1) is 5.82 Å². The van der Waals surface area contributed by atoms with E-state index in [1.165, 1.54) is 10.6 Å². The molecule has 19 heavy (non-hydrogen) atoms. The summed E-state index contributed by atoms with van der Waals surface area (Å²) in [5.41, 5.74) is 0.205. The third-order valence-corrected chi connectivity index (χ3v) is 3.54. The number of halogens is 2. The lowest BCUT2D eigenvalue weighted by atomic mass is 10.2. The van der Waals surface area contributed by atoms with Crippen LogP contribution < -0.4 is 5.56 Å². The average molecular weight is 270 g/mol. The SMILES string of the molecule is CC(C)n1cc(CCN2CC[C@@H](F)C2)cc(F)c1=O. The van der Waals surface area contributed by atoms with Gasteiger partial charge in [-0.25, -0.2) is 8.78 Å². The minimum atomic E-state index is -0.735. The predicted octanol–water partition coefficient (Wildman–Crippen LogP) is 2.15. The molecule has 0 spiro atoms. The van der Waals surface area contributed by atoms with Gasteiger partial charge in [0, 0.05) is 31.9 Å². The molecule has 5 heteroatoms. The Hall–Kier alpha value is -1.23. The molecular formula is C14H20F2N2O. The van der Waals surface area contributed by atoms with Crippen molar-refractivity contribution in [1.82, 2.24) is 9.47 Å². The van der Waals surface area contributed by atoms with Gasteiger partial charge in [0.2, 0.25) is 0 Å². The molecule has 1 aliphatic rings. The lowest BCUT2D eigenvalue weighted by Gasteiger charge is -2.16. The Labute approximate surface area is 111 Å². The molecule has 1 aliphatic heterocycles. The van der Waals surface area contributed by atoms with Crippen molar-refractivity contribution in [3.05, 3.63) is 34.0 Å². The van der Waals surface area contributed by atoms with Gasteiger partial charge in [0.05, 0.1) is 0 Å². The van der Waals surface area contributed by atoms with E-state index in [9.17, 15) is 13.6 Å². The highest BCUT2D eigenvalue weighted by Crippen LogP contribution is 2.13. The molecule has 1 fully saturated rings. The van der Waals surface area contributed by atoms with Crippen LogP contribution in [0.25, 0.3) is 0 Å². The maximum Gasteiger partial charge on any atom is 0.286 e. The lowest BCUT2D eigenvalue weighted by molar-refractivity contribution is 0.290. The number of pyridine rings is 1. The van der Waals surface area contributed by atoms with Gasteiger partial charge in [-0.2, -0.15) is 0 Å². The monoisotopic (exact) mass is 270 g/mol. The summed E-state index contributed by atoms with van der Waals surface area (Å²) >= 11 is 0. The van der Waals surface area contributed by atoms with Crippen molar-refractivity contribution in [2.45, 2.75) is 38.9 Å². The molecule has 0 saturated carbocycles. The van der Waals surface area contributed by atoms with Crippen LogP contribution in [0.2, 0.25) is 0 Å². The summed E-state index contributed by atoms with van der Waals surface area (Å²) in [5.74, 6) is -0.712.